The van der Waals surface area contributed by atoms with Crippen LogP contribution in [-0.4, -0.2) is 59.9 Å². The van der Waals surface area contributed by atoms with Crippen molar-refractivity contribution in [2.24, 2.45) is 0 Å². The average Bonchev–Trinajstić information content (AvgIpc) is 3.54. The fraction of sp³-hybridized carbons (Fsp3) is 0.435. The van der Waals surface area contributed by atoms with E-state index >= 15 is 0 Å². The van der Waals surface area contributed by atoms with Crippen molar-refractivity contribution in [3.05, 3.63) is 52.2 Å². The number of carbonyl (C=O) groups is 3. The topological polar surface area (TPSA) is 76.2 Å². The molecule has 3 heterocycles. The van der Waals surface area contributed by atoms with Gasteiger partial charge in [0.1, 0.15) is 12.4 Å². The molecule has 0 N–H and O–H groups in total. The minimum absolute atomic E-state index is 0.0192. The molecule has 0 aliphatic carbocycles. The zero-order valence-electron chi connectivity index (χ0n) is 17.3. The summed E-state index contributed by atoms with van der Waals surface area (Å²) in [7, 11) is 0. The second-order valence-corrected chi connectivity index (χ2v) is 8.68. The number of hydrogen-bond donors (Lipinski definition) is 0. The highest BCUT2D eigenvalue weighted by molar-refractivity contribution is 7.12. The molecule has 1 atom stereocenters. The third-order valence-corrected chi connectivity index (χ3v) is 6.36. The van der Waals surface area contributed by atoms with Gasteiger partial charge in [0.25, 0.3) is 5.91 Å². The molecule has 0 bridgehead atoms. The lowest BCUT2D eigenvalue weighted by atomic mass is 10.1. The van der Waals surface area contributed by atoms with Gasteiger partial charge in [0.2, 0.25) is 11.8 Å². The molecule has 0 saturated carbocycles. The summed E-state index contributed by atoms with van der Waals surface area (Å²) in [6.45, 7) is 2.36. The van der Waals surface area contributed by atoms with Crippen molar-refractivity contribution in [2.75, 3.05) is 26.3 Å². The van der Waals surface area contributed by atoms with Crippen LogP contribution in [0.15, 0.2) is 41.8 Å². The molecule has 0 spiro atoms. The smallest absolute Gasteiger partial charge is 0.264 e. The van der Waals surface area contributed by atoms with E-state index in [1.54, 1.807) is 0 Å². The van der Waals surface area contributed by atoms with Crippen LogP contribution in [0.5, 0.6) is 5.75 Å². The quantitative estimate of drug-likeness (QED) is 0.558. The van der Waals surface area contributed by atoms with Crippen LogP contribution >= 0.6 is 11.3 Å². The van der Waals surface area contributed by atoms with E-state index in [0.717, 1.165) is 29.9 Å². The Morgan fingerprint density at radius 2 is 1.94 bits per heavy atom. The molecule has 1 aromatic carbocycles. The summed E-state index contributed by atoms with van der Waals surface area (Å²) in [6, 6.07) is 11.3. The van der Waals surface area contributed by atoms with E-state index in [4.69, 9.17) is 9.47 Å². The number of benzene rings is 1. The Bertz CT molecular complexity index is 891. The molecule has 2 fully saturated rings. The zero-order chi connectivity index (χ0) is 21.6. The maximum atomic E-state index is 13.0. The molecule has 164 valence electrons. The molecule has 2 aromatic rings. The summed E-state index contributed by atoms with van der Waals surface area (Å²) >= 11 is 1.45. The van der Waals surface area contributed by atoms with Gasteiger partial charge in [0.15, 0.2) is 0 Å². The van der Waals surface area contributed by atoms with Gasteiger partial charge >= 0.3 is 0 Å². The van der Waals surface area contributed by atoms with Crippen LogP contribution in [0.25, 0.3) is 0 Å². The number of hydrogen-bond acceptors (Lipinski definition) is 6. The number of likely N-dealkylation sites (tertiary alicyclic amines) is 1. The van der Waals surface area contributed by atoms with Crippen molar-refractivity contribution in [3.63, 3.8) is 0 Å². The molecule has 1 aromatic heterocycles. The van der Waals surface area contributed by atoms with Crippen molar-refractivity contribution in [1.29, 1.82) is 0 Å². The molecule has 31 heavy (non-hydrogen) atoms. The predicted molar refractivity (Wildman–Crippen MR) is 116 cm³/mol. The van der Waals surface area contributed by atoms with Gasteiger partial charge in [0, 0.05) is 32.5 Å². The third-order valence-electron chi connectivity index (χ3n) is 5.50. The first kappa shape index (κ1) is 21.5. The zero-order valence-corrected chi connectivity index (χ0v) is 18.1. The molecule has 7 nitrogen and oxygen atoms in total. The minimum Gasteiger partial charge on any atom is -0.492 e. The number of thiophene rings is 1. The SMILES string of the molecule is O=C(c1cccs1)N(Cc1ccc(OCCN2C(=O)CCC2=O)cc1)C[C@@H]1CCCO1. The maximum Gasteiger partial charge on any atom is 0.264 e. The largest absolute Gasteiger partial charge is 0.492 e. The second kappa shape index (κ2) is 10.1. The molecule has 8 heteroatoms. The molecular weight excluding hydrogens is 416 g/mol. The van der Waals surface area contributed by atoms with Crippen molar-refractivity contribution in [3.8, 4) is 5.75 Å². The average molecular weight is 443 g/mol. The van der Waals surface area contributed by atoms with E-state index in [2.05, 4.69) is 0 Å². The first-order valence-electron chi connectivity index (χ1n) is 10.6. The van der Waals surface area contributed by atoms with E-state index in [1.807, 2.05) is 46.7 Å². The van der Waals surface area contributed by atoms with E-state index < -0.39 is 0 Å². The lowest BCUT2D eigenvalue weighted by molar-refractivity contribution is -0.138. The third kappa shape index (κ3) is 5.51. The van der Waals surface area contributed by atoms with Crippen molar-refractivity contribution in [2.45, 2.75) is 38.3 Å². The van der Waals surface area contributed by atoms with Gasteiger partial charge in [-0.3, -0.25) is 19.3 Å². The molecular formula is C23H26N2O5S. The second-order valence-electron chi connectivity index (χ2n) is 7.73. The van der Waals surface area contributed by atoms with Crippen LogP contribution in [0.4, 0.5) is 0 Å². The molecule has 2 saturated heterocycles. The first-order valence-corrected chi connectivity index (χ1v) is 11.5. The Balaban J connectivity index is 1.34. The first-order chi connectivity index (χ1) is 15.1. The molecule has 4 rings (SSSR count). The highest BCUT2D eigenvalue weighted by Crippen LogP contribution is 2.21. The van der Waals surface area contributed by atoms with Gasteiger partial charge in [-0.1, -0.05) is 18.2 Å². The Morgan fingerprint density at radius 3 is 2.58 bits per heavy atom. The van der Waals surface area contributed by atoms with E-state index in [-0.39, 0.29) is 37.0 Å². The van der Waals surface area contributed by atoms with Gasteiger partial charge in [-0.05, 0) is 42.0 Å². The van der Waals surface area contributed by atoms with Gasteiger partial charge in [-0.15, -0.1) is 11.3 Å². The molecule has 2 aliphatic rings. The number of amides is 3. The maximum absolute atomic E-state index is 13.0. The van der Waals surface area contributed by atoms with E-state index in [9.17, 15) is 14.4 Å². The van der Waals surface area contributed by atoms with Crippen LogP contribution in [0.1, 0.15) is 40.9 Å². The fourth-order valence-corrected chi connectivity index (χ4v) is 4.54. The lowest BCUT2D eigenvalue weighted by Crippen LogP contribution is -2.36. The van der Waals surface area contributed by atoms with Gasteiger partial charge in [-0.25, -0.2) is 0 Å². The number of nitrogens with zero attached hydrogens (tertiary/aromatic N) is 2. The van der Waals surface area contributed by atoms with Crippen molar-refractivity contribution < 1.29 is 23.9 Å². The molecule has 0 unspecified atom stereocenters. The number of carbonyl (C=O) groups excluding carboxylic acids is 3. The fourth-order valence-electron chi connectivity index (χ4n) is 3.85. The summed E-state index contributed by atoms with van der Waals surface area (Å²) in [5.41, 5.74) is 1.00. The number of ether oxygens (including phenoxy) is 2. The minimum atomic E-state index is -0.134. The highest BCUT2D eigenvalue weighted by atomic mass is 32.1. The van der Waals surface area contributed by atoms with E-state index in [0.29, 0.717) is 31.7 Å². The molecule has 3 amide bonds. The normalized spacial score (nSPS) is 18.6. The Morgan fingerprint density at radius 1 is 1.16 bits per heavy atom. The van der Waals surface area contributed by atoms with Gasteiger partial charge < -0.3 is 14.4 Å². The molecule has 0 radical (unpaired) electrons. The van der Waals surface area contributed by atoms with Crippen LogP contribution in [-0.2, 0) is 20.9 Å². The summed E-state index contributed by atoms with van der Waals surface area (Å²) in [6.07, 6.45) is 2.68. The predicted octanol–water partition coefficient (Wildman–Crippen LogP) is 3.10. The summed E-state index contributed by atoms with van der Waals surface area (Å²) in [4.78, 5) is 40.1. The van der Waals surface area contributed by atoms with E-state index in [1.165, 1.54) is 16.2 Å². The lowest BCUT2D eigenvalue weighted by Gasteiger charge is -2.25. The van der Waals surface area contributed by atoms with Crippen molar-refractivity contribution in [1.82, 2.24) is 9.80 Å². The molecule has 2 aliphatic heterocycles. The van der Waals surface area contributed by atoms with Crippen LogP contribution < -0.4 is 4.74 Å². The van der Waals surface area contributed by atoms with Gasteiger partial charge in [0.05, 0.1) is 17.5 Å². The Kier molecular flexibility index (Phi) is 6.99. The van der Waals surface area contributed by atoms with Gasteiger partial charge in [-0.2, -0.15) is 0 Å². The van der Waals surface area contributed by atoms with Crippen LogP contribution in [0.2, 0.25) is 0 Å². The van der Waals surface area contributed by atoms with Crippen LogP contribution in [0, 0.1) is 0 Å². The summed E-state index contributed by atoms with van der Waals surface area (Å²) in [5.74, 6) is 0.417. The van der Waals surface area contributed by atoms with Crippen LogP contribution in [0.3, 0.4) is 0 Å². The monoisotopic (exact) mass is 442 g/mol. The Labute approximate surface area is 185 Å². The number of imide groups is 1. The highest BCUT2D eigenvalue weighted by Gasteiger charge is 2.28. The van der Waals surface area contributed by atoms with Crippen molar-refractivity contribution >= 4 is 29.1 Å². The summed E-state index contributed by atoms with van der Waals surface area (Å²) in [5, 5.41) is 1.91. The standard InChI is InChI=1S/C23H26N2O5S/c26-21-9-10-22(27)25(21)11-13-30-18-7-5-17(6-8-18)15-24(16-19-3-1-12-29-19)23(28)20-4-2-14-31-20/h2,4-8,14,19H,1,3,9-13,15-16H2/t19-/m0/s1. The Hall–Kier alpha value is -2.71. The summed E-state index contributed by atoms with van der Waals surface area (Å²) < 4.78 is 11.4. The number of rotatable bonds is 9.